The second kappa shape index (κ2) is 9.65. The van der Waals surface area contributed by atoms with E-state index in [0.29, 0.717) is 16.7 Å². The molecular weight excluding hydrogens is 381 g/mol. The third-order valence-electron chi connectivity index (χ3n) is 4.27. The monoisotopic (exact) mass is 402 g/mol. The van der Waals surface area contributed by atoms with E-state index in [-0.39, 0.29) is 0 Å². The zero-order chi connectivity index (χ0) is 19.1. The van der Waals surface area contributed by atoms with Crippen LogP contribution in [0.3, 0.4) is 0 Å². The zero-order valence-corrected chi connectivity index (χ0v) is 16.6. The van der Waals surface area contributed by atoms with Gasteiger partial charge in [-0.2, -0.15) is 0 Å². The van der Waals surface area contributed by atoms with E-state index in [9.17, 15) is 0 Å². The summed E-state index contributed by atoms with van der Waals surface area (Å²) in [5.41, 5.74) is 3.32. The van der Waals surface area contributed by atoms with Crippen LogP contribution in [0.4, 0.5) is 0 Å². The van der Waals surface area contributed by atoms with Crippen LogP contribution in [0.25, 0.3) is 0 Å². The standard InChI is InChI=1S/C22H21Cl2NO2/c1-26-20-10-6-16(7-11-20)13-25-14-17-4-2-3-5-22(17)27-15-18-8-9-19(23)12-21(18)24/h2-12,25H,13-15H2,1H3/p+1. The van der Waals surface area contributed by atoms with Gasteiger partial charge in [0.1, 0.15) is 31.2 Å². The Balaban J connectivity index is 1.58. The summed E-state index contributed by atoms with van der Waals surface area (Å²) >= 11 is 12.2. The van der Waals surface area contributed by atoms with Gasteiger partial charge in [-0.05, 0) is 48.5 Å². The van der Waals surface area contributed by atoms with Crippen LogP contribution in [0, 0.1) is 0 Å². The van der Waals surface area contributed by atoms with Crippen LogP contribution in [0.1, 0.15) is 16.7 Å². The van der Waals surface area contributed by atoms with E-state index in [1.54, 1.807) is 13.2 Å². The predicted molar refractivity (Wildman–Crippen MR) is 110 cm³/mol. The summed E-state index contributed by atoms with van der Waals surface area (Å²) in [5, 5.41) is 3.49. The Morgan fingerprint density at radius 1 is 0.852 bits per heavy atom. The molecular formula is C22H22Cl2NO2+. The molecule has 3 aromatic carbocycles. The number of halogens is 2. The molecule has 3 aromatic rings. The molecule has 3 rings (SSSR count). The second-order valence-electron chi connectivity index (χ2n) is 6.18. The first-order valence-electron chi connectivity index (χ1n) is 8.75. The van der Waals surface area contributed by atoms with E-state index in [4.69, 9.17) is 32.7 Å². The molecule has 0 spiro atoms. The summed E-state index contributed by atoms with van der Waals surface area (Å²) in [7, 11) is 1.68. The van der Waals surface area contributed by atoms with Crippen LogP contribution in [0.5, 0.6) is 11.5 Å². The summed E-state index contributed by atoms with van der Waals surface area (Å²) in [6.45, 7) is 2.13. The van der Waals surface area contributed by atoms with Gasteiger partial charge in [0.2, 0.25) is 0 Å². The number of rotatable bonds is 8. The number of benzene rings is 3. The summed E-state index contributed by atoms with van der Waals surface area (Å²) < 4.78 is 11.2. The molecule has 0 bridgehead atoms. The largest absolute Gasteiger partial charge is 0.497 e. The van der Waals surface area contributed by atoms with Crippen molar-refractivity contribution in [3.05, 3.63) is 93.5 Å². The lowest BCUT2D eigenvalue weighted by molar-refractivity contribution is -0.686. The van der Waals surface area contributed by atoms with E-state index in [1.165, 1.54) is 5.56 Å². The molecule has 0 radical (unpaired) electrons. The zero-order valence-electron chi connectivity index (χ0n) is 15.1. The normalized spacial score (nSPS) is 10.6. The number of hydrogen-bond acceptors (Lipinski definition) is 2. The van der Waals surface area contributed by atoms with Gasteiger partial charge in [-0.1, -0.05) is 41.4 Å². The van der Waals surface area contributed by atoms with Gasteiger partial charge in [-0.3, -0.25) is 0 Å². The molecule has 0 heterocycles. The van der Waals surface area contributed by atoms with E-state index in [0.717, 1.165) is 35.7 Å². The van der Waals surface area contributed by atoms with E-state index in [1.807, 2.05) is 42.5 Å². The lowest BCUT2D eigenvalue weighted by Crippen LogP contribution is -2.80. The summed E-state index contributed by atoms with van der Waals surface area (Å²) in [4.78, 5) is 0. The van der Waals surface area contributed by atoms with Crippen LogP contribution in [-0.2, 0) is 19.7 Å². The first-order valence-corrected chi connectivity index (χ1v) is 9.50. The fraction of sp³-hybridized carbons (Fsp3) is 0.182. The average molecular weight is 403 g/mol. The molecule has 0 aliphatic heterocycles. The van der Waals surface area contributed by atoms with Gasteiger partial charge in [0, 0.05) is 26.7 Å². The number of para-hydroxylation sites is 1. The first-order chi connectivity index (χ1) is 13.2. The predicted octanol–water partition coefficient (Wildman–Crippen LogP) is 4.84. The van der Waals surface area contributed by atoms with Crippen LogP contribution < -0.4 is 14.8 Å². The highest BCUT2D eigenvalue weighted by Gasteiger charge is 2.08. The van der Waals surface area contributed by atoms with Crippen molar-refractivity contribution in [2.24, 2.45) is 0 Å². The van der Waals surface area contributed by atoms with Gasteiger partial charge in [0.05, 0.1) is 7.11 Å². The van der Waals surface area contributed by atoms with Gasteiger partial charge < -0.3 is 14.8 Å². The molecule has 2 N–H and O–H groups in total. The lowest BCUT2D eigenvalue weighted by atomic mass is 10.1. The maximum absolute atomic E-state index is 6.23. The fourth-order valence-electron chi connectivity index (χ4n) is 2.76. The van der Waals surface area contributed by atoms with Crippen LogP contribution in [0.2, 0.25) is 10.0 Å². The molecule has 0 aliphatic carbocycles. The minimum atomic E-state index is 0.408. The Bertz CT molecular complexity index is 882. The van der Waals surface area contributed by atoms with E-state index < -0.39 is 0 Å². The van der Waals surface area contributed by atoms with Gasteiger partial charge >= 0.3 is 0 Å². The molecule has 0 amide bonds. The summed E-state index contributed by atoms with van der Waals surface area (Å²) in [5.74, 6) is 1.74. The molecule has 0 saturated carbocycles. The van der Waals surface area contributed by atoms with Crippen molar-refractivity contribution < 1.29 is 14.8 Å². The molecule has 3 nitrogen and oxygen atoms in total. The maximum atomic E-state index is 6.23. The molecule has 0 atom stereocenters. The Kier molecular flexibility index (Phi) is 6.99. The van der Waals surface area contributed by atoms with Crippen molar-refractivity contribution in [3.63, 3.8) is 0 Å². The molecule has 5 heteroatoms. The Hall–Kier alpha value is -2.20. The smallest absolute Gasteiger partial charge is 0.128 e. The number of ether oxygens (including phenoxy) is 2. The molecule has 0 unspecified atom stereocenters. The van der Waals surface area contributed by atoms with Gasteiger partial charge in [-0.15, -0.1) is 0 Å². The number of methoxy groups -OCH3 is 1. The van der Waals surface area contributed by atoms with Crippen molar-refractivity contribution in [1.82, 2.24) is 0 Å². The highest BCUT2D eigenvalue weighted by molar-refractivity contribution is 6.35. The van der Waals surface area contributed by atoms with Crippen molar-refractivity contribution in [3.8, 4) is 11.5 Å². The van der Waals surface area contributed by atoms with Gasteiger partial charge in [0.25, 0.3) is 0 Å². The molecule has 140 valence electrons. The Morgan fingerprint density at radius 3 is 2.37 bits per heavy atom. The van der Waals surface area contributed by atoms with Gasteiger partial charge in [-0.25, -0.2) is 0 Å². The van der Waals surface area contributed by atoms with E-state index in [2.05, 4.69) is 23.5 Å². The molecule has 0 saturated heterocycles. The van der Waals surface area contributed by atoms with Crippen LogP contribution in [0.15, 0.2) is 66.7 Å². The first kappa shape index (κ1) is 19.6. The topological polar surface area (TPSA) is 35.1 Å². The SMILES string of the molecule is COc1ccc(C[NH2+]Cc2ccccc2OCc2ccc(Cl)cc2Cl)cc1. The van der Waals surface area contributed by atoms with Crippen LogP contribution >= 0.6 is 23.2 Å². The van der Waals surface area contributed by atoms with E-state index >= 15 is 0 Å². The van der Waals surface area contributed by atoms with Crippen molar-refractivity contribution in [2.75, 3.05) is 7.11 Å². The minimum absolute atomic E-state index is 0.408. The minimum Gasteiger partial charge on any atom is -0.497 e. The third-order valence-corrected chi connectivity index (χ3v) is 4.86. The lowest BCUT2D eigenvalue weighted by Gasteiger charge is -2.12. The maximum Gasteiger partial charge on any atom is 0.128 e. The van der Waals surface area contributed by atoms with Crippen molar-refractivity contribution >= 4 is 23.2 Å². The van der Waals surface area contributed by atoms with Gasteiger partial charge in [0.15, 0.2) is 0 Å². The second-order valence-corrected chi connectivity index (χ2v) is 7.02. The number of quaternary nitrogens is 1. The summed E-state index contributed by atoms with van der Waals surface area (Å²) in [6.07, 6.45) is 0. The number of hydrogen-bond donors (Lipinski definition) is 1. The molecule has 0 fully saturated rings. The van der Waals surface area contributed by atoms with Crippen LogP contribution in [-0.4, -0.2) is 7.11 Å². The molecule has 0 aromatic heterocycles. The highest BCUT2D eigenvalue weighted by Crippen LogP contribution is 2.24. The quantitative estimate of drug-likeness (QED) is 0.584. The average Bonchev–Trinajstić information content (AvgIpc) is 2.69. The molecule has 0 aliphatic rings. The molecule has 27 heavy (non-hydrogen) atoms. The van der Waals surface area contributed by atoms with Crippen molar-refractivity contribution in [2.45, 2.75) is 19.7 Å². The van der Waals surface area contributed by atoms with Crippen molar-refractivity contribution in [1.29, 1.82) is 0 Å². The number of nitrogens with two attached hydrogens (primary N) is 1. The third kappa shape index (κ3) is 5.64. The fourth-order valence-corrected chi connectivity index (χ4v) is 3.23. The summed E-state index contributed by atoms with van der Waals surface area (Å²) in [6, 6.07) is 21.7. The Morgan fingerprint density at radius 2 is 1.63 bits per heavy atom. The highest BCUT2D eigenvalue weighted by atomic mass is 35.5. The Labute approximate surface area is 169 Å².